The van der Waals surface area contributed by atoms with Crippen molar-refractivity contribution in [2.45, 2.75) is 20.0 Å². The van der Waals surface area contributed by atoms with Crippen LogP contribution in [0.1, 0.15) is 36.0 Å². The topological polar surface area (TPSA) is 74.8 Å². The van der Waals surface area contributed by atoms with Crippen molar-refractivity contribution in [3.63, 3.8) is 0 Å². The van der Waals surface area contributed by atoms with Crippen LogP contribution in [-0.4, -0.2) is 73.0 Å². The molecule has 1 N–H and O–H groups in total. The number of amides is 2. The molecule has 0 unspecified atom stereocenters. The number of carbonyl (C=O) groups excluding carboxylic acids is 2. The van der Waals surface area contributed by atoms with E-state index in [1.807, 2.05) is 49.1 Å². The number of nitrogens with zero attached hydrogens (tertiary/aromatic N) is 3. The molecule has 1 fully saturated rings. The Morgan fingerprint density at radius 2 is 2.04 bits per heavy atom. The van der Waals surface area contributed by atoms with Crippen molar-refractivity contribution in [3.05, 3.63) is 41.6 Å². The van der Waals surface area contributed by atoms with Crippen LogP contribution >= 0.6 is 0 Å². The molecule has 2 amide bonds. The Bertz CT molecular complexity index is 851. The minimum absolute atomic E-state index is 0.128. The fourth-order valence-electron chi connectivity index (χ4n) is 3.58. The highest BCUT2D eigenvalue weighted by molar-refractivity contribution is 6.06. The number of likely N-dealkylation sites (N-methyl/N-ethyl adjacent to an activating group) is 1. The van der Waals surface area contributed by atoms with Crippen molar-refractivity contribution < 1.29 is 14.3 Å². The molecule has 0 bridgehead atoms. The normalized spacial score (nSPS) is 17.5. The van der Waals surface area contributed by atoms with Crippen molar-refractivity contribution in [1.82, 2.24) is 20.1 Å². The summed E-state index contributed by atoms with van der Waals surface area (Å²) in [4.78, 5) is 33.5. The first kappa shape index (κ1) is 20.2. The quantitative estimate of drug-likeness (QED) is 0.823. The molecule has 3 rings (SSSR count). The van der Waals surface area contributed by atoms with Gasteiger partial charge in [-0.05, 0) is 26.0 Å². The molecule has 7 nitrogen and oxygen atoms in total. The van der Waals surface area contributed by atoms with E-state index < -0.39 is 0 Å². The largest absolute Gasteiger partial charge is 0.369 e. The molecule has 1 aromatic heterocycles. The van der Waals surface area contributed by atoms with Gasteiger partial charge in [-0.2, -0.15) is 0 Å². The lowest BCUT2D eigenvalue weighted by Crippen LogP contribution is -2.45. The summed E-state index contributed by atoms with van der Waals surface area (Å²) in [6.07, 6.45) is -0.272. The number of aromatic nitrogens is 1. The molecule has 150 valence electrons. The first-order valence-corrected chi connectivity index (χ1v) is 9.80. The molecular formula is C21H28N4O3. The molecule has 1 aliphatic heterocycles. The zero-order valence-electron chi connectivity index (χ0n) is 16.8. The van der Waals surface area contributed by atoms with Gasteiger partial charge in [-0.1, -0.05) is 18.2 Å². The summed E-state index contributed by atoms with van der Waals surface area (Å²) in [6, 6.07) is 9.40. The molecular weight excluding hydrogens is 356 g/mol. The Hall–Kier alpha value is -2.51. The van der Waals surface area contributed by atoms with Crippen LogP contribution < -0.4 is 5.32 Å². The average molecular weight is 384 g/mol. The van der Waals surface area contributed by atoms with Gasteiger partial charge in [-0.25, -0.2) is 4.98 Å². The average Bonchev–Trinajstić information content (AvgIpc) is 2.73. The number of fused-ring (bicyclic) bond motifs is 1. The van der Waals surface area contributed by atoms with Crippen molar-refractivity contribution in [2.24, 2.45) is 0 Å². The molecule has 7 heteroatoms. The standard InChI is InChI=1S/C21H28N4O3/c1-4-25(5-2)20(26)14-24-10-11-28-19(13-24)18-12-16(21(27)22-3)15-8-6-7-9-17(15)23-18/h6-9,12,19H,4-5,10-11,13-14H2,1-3H3,(H,22,27)/t19-/m0/s1. The second-order valence-corrected chi connectivity index (χ2v) is 6.85. The molecule has 1 saturated heterocycles. The lowest BCUT2D eigenvalue weighted by molar-refractivity contribution is -0.134. The summed E-state index contributed by atoms with van der Waals surface area (Å²) >= 11 is 0. The third-order valence-electron chi connectivity index (χ3n) is 5.16. The number of benzene rings is 1. The fourth-order valence-corrected chi connectivity index (χ4v) is 3.58. The van der Waals surface area contributed by atoms with Crippen molar-refractivity contribution in [1.29, 1.82) is 0 Å². The Balaban J connectivity index is 1.83. The Morgan fingerprint density at radius 3 is 2.75 bits per heavy atom. The van der Waals surface area contributed by atoms with Crippen LogP contribution in [0.4, 0.5) is 0 Å². The zero-order chi connectivity index (χ0) is 20.1. The van der Waals surface area contributed by atoms with E-state index in [-0.39, 0.29) is 17.9 Å². The van der Waals surface area contributed by atoms with Crippen molar-refractivity contribution in [2.75, 3.05) is 46.4 Å². The van der Waals surface area contributed by atoms with Crippen LogP contribution in [0.25, 0.3) is 10.9 Å². The smallest absolute Gasteiger partial charge is 0.251 e. The number of pyridine rings is 1. The lowest BCUT2D eigenvalue weighted by Gasteiger charge is -2.33. The van der Waals surface area contributed by atoms with E-state index in [1.54, 1.807) is 7.05 Å². The molecule has 2 heterocycles. The van der Waals surface area contributed by atoms with E-state index in [9.17, 15) is 9.59 Å². The maximum atomic E-state index is 12.4. The van der Waals surface area contributed by atoms with Gasteiger partial charge in [0, 0.05) is 38.6 Å². The number of hydrogen-bond acceptors (Lipinski definition) is 5. The maximum absolute atomic E-state index is 12.4. The van der Waals surface area contributed by atoms with E-state index in [1.165, 1.54) is 0 Å². The number of morpholine rings is 1. The summed E-state index contributed by atoms with van der Waals surface area (Å²) in [5, 5.41) is 3.51. The van der Waals surface area contributed by atoms with E-state index in [0.717, 1.165) is 16.6 Å². The Morgan fingerprint density at radius 1 is 1.29 bits per heavy atom. The molecule has 2 aromatic rings. The van der Waals surface area contributed by atoms with Gasteiger partial charge in [0.15, 0.2) is 0 Å². The number of para-hydroxylation sites is 1. The number of hydrogen-bond donors (Lipinski definition) is 1. The van der Waals surface area contributed by atoms with Crippen LogP contribution in [0.2, 0.25) is 0 Å². The second kappa shape index (κ2) is 9.12. The molecule has 28 heavy (non-hydrogen) atoms. The second-order valence-electron chi connectivity index (χ2n) is 6.85. The number of nitrogens with one attached hydrogen (secondary N) is 1. The van der Waals surface area contributed by atoms with Crippen molar-refractivity contribution >= 4 is 22.7 Å². The highest BCUT2D eigenvalue weighted by atomic mass is 16.5. The maximum Gasteiger partial charge on any atom is 0.251 e. The van der Waals surface area contributed by atoms with E-state index >= 15 is 0 Å². The van der Waals surface area contributed by atoms with Crippen LogP contribution in [0, 0.1) is 0 Å². The highest BCUT2D eigenvalue weighted by Crippen LogP contribution is 2.26. The number of carbonyl (C=O) groups is 2. The first-order valence-electron chi connectivity index (χ1n) is 9.80. The van der Waals surface area contributed by atoms with Crippen LogP contribution in [-0.2, 0) is 9.53 Å². The zero-order valence-corrected chi connectivity index (χ0v) is 16.8. The summed E-state index contributed by atoms with van der Waals surface area (Å²) in [7, 11) is 1.62. The summed E-state index contributed by atoms with van der Waals surface area (Å²) in [5.41, 5.74) is 2.07. The fraction of sp³-hybridized carbons (Fsp3) is 0.476. The molecule has 1 aliphatic rings. The van der Waals surface area contributed by atoms with Gasteiger partial charge in [-0.15, -0.1) is 0 Å². The third kappa shape index (κ3) is 4.31. The van der Waals surface area contributed by atoms with Crippen LogP contribution in [0.15, 0.2) is 30.3 Å². The highest BCUT2D eigenvalue weighted by Gasteiger charge is 2.27. The number of rotatable bonds is 6. The monoisotopic (exact) mass is 384 g/mol. The van der Waals surface area contributed by atoms with Gasteiger partial charge in [0.2, 0.25) is 5.91 Å². The molecule has 1 aromatic carbocycles. The van der Waals surface area contributed by atoms with Crippen LogP contribution in [0.3, 0.4) is 0 Å². The summed E-state index contributed by atoms with van der Waals surface area (Å²) in [6.45, 7) is 7.59. The molecule has 0 aliphatic carbocycles. The van der Waals surface area contributed by atoms with Gasteiger partial charge in [0.05, 0.1) is 29.9 Å². The minimum atomic E-state index is -0.272. The first-order chi connectivity index (χ1) is 13.6. The molecule has 1 atom stereocenters. The van der Waals surface area contributed by atoms with Crippen LogP contribution in [0.5, 0.6) is 0 Å². The van der Waals surface area contributed by atoms with E-state index in [2.05, 4.69) is 10.2 Å². The lowest BCUT2D eigenvalue weighted by atomic mass is 10.0. The van der Waals surface area contributed by atoms with Crippen molar-refractivity contribution in [3.8, 4) is 0 Å². The molecule has 0 saturated carbocycles. The van der Waals surface area contributed by atoms with E-state index in [0.29, 0.717) is 44.9 Å². The summed E-state index contributed by atoms with van der Waals surface area (Å²) < 4.78 is 5.95. The SMILES string of the molecule is CCN(CC)C(=O)CN1CCO[C@H](c2cc(C(=O)NC)c3ccccc3n2)C1. The van der Waals surface area contributed by atoms with Gasteiger partial charge >= 0.3 is 0 Å². The van der Waals surface area contributed by atoms with Gasteiger partial charge in [0.25, 0.3) is 5.91 Å². The van der Waals surface area contributed by atoms with Gasteiger partial charge < -0.3 is 15.0 Å². The summed E-state index contributed by atoms with van der Waals surface area (Å²) in [5.74, 6) is -0.0209. The predicted octanol–water partition coefficient (Wildman–Crippen LogP) is 1.84. The third-order valence-corrected chi connectivity index (χ3v) is 5.16. The Kier molecular flexibility index (Phi) is 6.59. The predicted molar refractivity (Wildman–Crippen MR) is 108 cm³/mol. The molecule has 0 radical (unpaired) electrons. The molecule has 0 spiro atoms. The Labute approximate surface area is 165 Å². The van der Waals surface area contributed by atoms with E-state index in [4.69, 9.17) is 9.72 Å². The number of ether oxygens (including phenoxy) is 1. The minimum Gasteiger partial charge on any atom is -0.369 e. The van der Waals surface area contributed by atoms with Gasteiger partial charge in [-0.3, -0.25) is 14.5 Å². The van der Waals surface area contributed by atoms with Gasteiger partial charge in [0.1, 0.15) is 6.10 Å².